The van der Waals surface area contributed by atoms with E-state index in [4.69, 9.17) is 9.47 Å². The number of hydrogen-bond acceptors (Lipinski definition) is 4. The molecule has 1 fully saturated rings. The lowest BCUT2D eigenvalue weighted by molar-refractivity contribution is -0.137. The molecular weight excluding hydrogens is 421 g/mol. The van der Waals surface area contributed by atoms with Gasteiger partial charge in [-0.2, -0.15) is 0 Å². The molecule has 5 rings (SSSR count). The van der Waals surface area contributed by atoms with Crippen LogP contribution in [0.1, 0.15) is 54.4 Å². The molecule has 33 heavy (non-hydrogen) atoms. The van der Waals surface area contributed by atoms with E-state index in [1.165, 1.54) is 6.07 Å². The Morgan fingerprint density at radius 2 is 2.00 bits per heavy atom. The molecular formula is C27H26FNO4. The average Bonchev–Trinajstić information content (AvgIpc) is 3.67. The zero-order valence-electron chi connectivity index (χ0n) is 18.5. The van der Waals surface area contributed by atoms with Crippen molar-refractivity contribution in [3.63, 3.8) is 0 Å². The van der Waals surface area contributed by atoms with Crippen LogP contribution in [0, 0.1) is 11.7 Å². The number of rotatable bonds is 7. The first kappa shape index (κ1) is 21.4. The van der Waals surface area contributed by atoms with Crippen LogP contribution in [0.4, 0.5) is 4.39 Å². The van der Waals surface area contributed by atoms with Crippen molar-refractivity contribution in [2.75, 3.05) is 7.11 Å². The molecule has 2 atom stereocenters. The number of methoxy groups -OCH3 is 1. The van der Waals surface area contributed by atoms with Crippen molar-refractivity contribution in [3.8, 4) is 22.6 Å². The molecule has 0 amide bonds. The van der Waals surface area contributed by atoms with E-state index >= 15 is 4.39 Å². The van der Waals surface area contributed by atoms with Gasteiger partial charge in [0.1, 0.15) is 23.4 Å². The van der Waals surface area contributed by atoms with E-state index in [1.54, 1.807) is 25.6 Å². The number of pyridine rings is 1. The van der Waals surface area contributed by atoms with E-state index < -0.39 is 5.97 Å². The number of carboxylic acid groups (broad SMARTS) is 1. The molecule has 0 saturated heterocycles. The smallest absolute Gasteiger partial charge is 0.303 e. The molecule has 1 aliphatic heterocycles. The molecule has 2 heterocycles. The number of benzene rings is 2. The normalized spacial score (nSPS) is 18.2. The summed E-state index contributed by atoms with van der Waals surface area (Å²) in [5, 5.41) is 9.33. The first-order chi connectivity index (χ1) is 16.0. The van der Waals surface area contributed by atoms with E-state index in [9.17, 15) is 9.90 Å². The van der Waals surface area contributed by atoms with Gasteiger partial charge in [-0.05, 0) is 72.4 Å². The Labute approximate surface area is 192 Å². The van der Waals surface area contributed by atoms with Gasteiger partial charge in [0.2, 0.25) is 0 Å². The van der Waals surface area contributed by atoms with Crippen LogP contribution >= 0.6 is 0 Å². The molecule has 0 radical (unpaired) electrons. The van der Waals surface area contributed by atoms with Crippen molar-refractivity contribution in [2.45, 2.75) is 44.1 Å². The Balaban J connectivity index is 1.38. The van der Waals surface area contributed by atoms with E-state index in [1.807, 2.05) is 30.3 Å². The minimum absolute atomic E-state index is 0.00395. The third-order valence-corrected chi connectivity index (χ3v) is 6.68. The highest BCUT2D eigenvalue weighted by Crippen LogP contribution is 2.46. The maximum atomic E-state index is 15.1. The second-order valence-electron chi connectivity index (χ2n) is 8.90. The van der Waals surface area contributed by atoms with Crippen LogP contribution in [0.5, 0.6) is 11.5 Å². The molecule has 2 unspecified atom stereocenters. The zero-order chi connectivity index (χ0) is 22.9. The van der Waals surface area contributed by atoms with Crippen molar-refractivity contribution in [3.05, 3.63) is 77.4 Å². The number of aliphatic carboxylic acids is 1. The summed E-state index contributed by atoms with van der Waals surface area (Å²) in [5.41, 5.74) is 4.11. The summed E-state index contributed by atoms with van der Waals surface area (Å²) in [6.07, 6.45) is 6.64. The van der Waals surface area contributed by atoms with Crippen LogP contribution < -0.4 is 9.47 Å². The molecule has 0 spiro atoms. The first-order valence-corrected chi connectivity index (χ1v) is 11.3. The second-order valence-corrected chi connectivity index (χ2v) is 8.90. The van der Waals surface area contributed by atoms with Gasteiger partial charge in [-0.15, -0.1) is 0 Å². The topological polar surface area (TPSA) is 68.7 Å². The molecule has 3 aromatic rings. The Bertz CT molecular complexity index is 1190. The van der Waals surface area contributed by atoms with E-state index in [0.717, 1.165) is 47.3 Å². The number of aryl methyl sites for hydroxylation is 1. The molecule has 5 nitrogen and oxygen atoms in total. The van der Waals surface area contributed by atoms with Crippen molar-refractivity contribution in [1.82, 2.24) is 4.98 Å². The van der Waals surface area contributed by atoms with Gasteiger partial charge in [0.25, 0.3) is 0 Å². The van der Waals surface area contributed by atoms with Gasteiger partial charge in [0.05, 0.1) is 19.7 Å². The van der Waals surface area contributed by atoms with Crippen molar-refractivity contribution < 1.29 is 23.8 Å². The standard InChI is InChI=1S/C27H26FNO4/c1-32-21-10-20(14-29-15-21)18-6-8-22(24(28)11-18)25-9-7-17-4-5-19(12-26(17)33-25)23(13-27(30)31)16-2-3-16/h4-6,8,10-12,14-16,23,25H,2-3,7,9,13H2,1H3,(H,30,31). The Morgan fingerprint density at radius 1 is 1.15 bits per heavy atom. The number of carboxylic acids is 1. The Hall–Kier alpha value is -3.41. The number of hydrogen-bond donors (Lipinski definition) is 1. The monoisotopic (exact) mass is 447 g/mol. The van der Waals surface area contributed by atoms with Crippen molar-refractivity contribution in [2.24, 2.45) is 5.92 Å². The molecule has 2 aliphatic rings. The molecule has 1 aromatic heterocycles. The van der Waals surface area contributed by atoms with Gasteiger partial charge in [-0.1, -0.05) is 24.3 Å². The quantitative estimate of drug-likeness (QED) is 0.486. The van der Waals surface area contributed by atoms with E-state index in [0.29, 0.717) is 23.7 Å². The summed E-state index contributed by atoms with van der Waals surface area (Å²) in [4.78, 5) is 15.5. The lowest BCUT2D eigenvalue weighted by Crippen LogP contribution is -2.17. The van der Waals surface area contributed by atoms with E-state index in [-0.39, 0.29) is 24.3 Å². The van der Waals surface area contributed by atoms with Crippen LogP contribution in [0.25, 0.3) is 11.1 Å². The minimum atomic E-state index is -0.781. The molecule has 1 N–H and O–H groups in total. The fourth-order valence-electron chi connectivity index (χ4n) is 4.74. The summed E-state index contributed by atoms with van der Waals surface area (Å²) in [6.45, 7) is 0. The maximum absolute atomic E-state index is 15.1. The van der Waals surface area contributed by atoms with Gasteiger partial charge < -0.3 is 14.6 Å². The lowest BCUT2D eigenvalue weighted by Gasteiger charge is -2.28. The molecule has 1 saturated carbocycles. The van der Waals surface area contributed by atoms with Crippen LogP contribution in [-0.2, 0) is 11.2 Å². The van der Waals surface area contributed by atoms with Gasteiger partial charge in [-0.25, -0.2) is 4.39 Å². The van der Waals surface area contributed by atoms with Gasteiger partial charge >= 0.3 is 5.97 Å². The van der Waals surface area contributed by atoms with Crippen LogP contribution in [0.3, 0.4) is 0 Å². The van der Waals surface area contributed by atoms with Gasteiger partial charge in [0.15, 0.2) is 0 Å². The third kappa shape index (κ3) is 4.56. The molecule has 0 bridgehead atoms. The Morgan fingerprint density at radius 3 is 2.73 bits per heavy atom. The fourth-order valence-corrected chi connectivity index (χ4v) is 4.74. The average molecular weight is 448 g/mol. The number of carbonyl (C=O) groups is 1. The number of aromatic nitrogens is 1. The van der Waals surface area contributed by atoms with Crippen LogP contribution in [0.2, 0.25) is 0 Å². The van der Waals surface area contributed by atoms with Crippen molar-refractivity contribution >= 4 is 5.97 Å². The first-order valence-electron chi connectivity index (χ1n) is 11.3. The zero-order valence-corrected chi connectivity index (χ0v) is 18.5. The molecule has 170 valence electrons. The number of ether oxygens (including phenoxy) is 2. The number of halogens is 1. The summed E-state index contributed by atoms with van der Waals surface area (Å²) in [5.74, 6) is 0.685. The van der Waals surface area contributed by atoms with Crippen LogP contribution in [-0.4, -0.2) is 23.2 Å². The summed E-state index contributed by atoms with van der Waals surface area (Å²) in [7, 11) is 1.57. The Kier molecular flexibility index (Phi) is 5.75. The van der Waals surface area contributed by atoms with Crippen molar-refractivity contribution in [1.29, 1.82) is 0 Å². The summed E-state index contributed by atoms with van der Waals surface area (Å²) >= 11 is 0. The predicted octanol–water partition coefficient (Wildman–Crippen LogP) is 5.93. The largest absolute Gasteiger partial charge is 0.495 e. The molecule has 1 aliphatic carbocycles. The minimum Gasteiger partial charge on any atom is -0.495 e. The maximum Gasteiger partial charge on any atom is 0.303 e. The highest BCUT2D eigenvalue weighted by Gasteiger charge is 2.34. The van der Waals surface area contributed by atoms with Gasteiger partial charge in [-0.3, -0.25) is 9.78 Å². The highest BCUT2D eigenvalue weighted by molar-refractivity contribution is 5.68. The SMILES string of the molecule is COc1cncc(-c2ccc(C3CCc4ccc(C(CC(=O)O)C5CC5)cc4O3)c(F)c2)c1. The fraction of sp³-hybridized carbons (Fsp3) is 0.333. The lowest BCUT2D eigenvalue weighted by atomic mass is 9.88. The molecule has 2 aromatic carbocycles. The number of fused-ring (bicyclic) bond motifs is 1. The van der Waals surface area contributed by atoms with Gasteiger partial charge in [0, 0.05) is 17.3 Å². The predicted molar refractivity (Wildman–Crippen MR) is 122 cm³/mol. The highest BCUT2D eigenvalue weighted by atomic mass is 19.1. The summed E-state index contributed by atoms with van der Waals surface area (Å²) < 4.78 is 26.6. The van der Waals surface area contributed by atoms with Crippen LogP contribution in [0.15, 0.2) is 54.9 Å². The second kappa shape index (κ2) is 8.85. The van der Waals surface area contributed by atoms with E-state index in [2.05, 4.69) is 4.98 Å². The third-order valence-electron chi connectivity index (χ3n) is 6.68. The molecule has 6 heteroatoms. The summed E-state index contributed by atoms with van der Waals surface area (Å²) in [6, 6.07) is 13.0. The number of nitrogens with zero attached hydrogens (tertiary/aromatic N) is 1.